The standard InChI is InChI=1S/C18H29Cl2NO/c1-7-8-22-16-13(9-14(19)10-15(16)20)11-21-18(5,6)12-17(2,3)4/h9-10,21H,7-8,11-12H2,1-6H3. The van der Waals surface area contributed by atoms with Crippen molar-refractivity contribution in [3.63, 3.8) is 0 Å². The van der Waals surface area contributed by atoms with E-state index in [1.807, 2.05) is 6.07 Å². The van der Waals surface area contributed by atoms with E-state index >= 15 is 0 Å². The van der Waals surface area contributed by atoms with Gasteiger partial charge >= 0.3 is 0 Å². The second-order valence-electron chi connectivity index (χ2n) is 7.70. The van der Waals surface area contributed by atoms with Gasteiger partial charge in [0.1, 0.15) is 5.75 Å². The van der Waals surface area contributed by atoms with E-state index in [1.165, 1.54) is 0 Å². The zero-order valence-corrected chi connectivity index (χ0v) is 16.2. The Hall–Kier alpha value is -0.440. The van der Waals surface area contributed by atoms with Crippen LogP contribution in [0.4, 0.5) is 0 Å². The molecule has 0 saturated carbocycles. The van der Waals surface area contributed by atoms with Gasteiger partial charge in [0.05, 0.1) is 11.6 Å². The van der Waals surface area contributed by atoms with Gasteiger partial charge in [0.2, 0.25) is 0 Å². The van der Waals surface area contributed by atoms with Gasteiger partial charge in [-0.05, 0) is 44.2 Å². The van der Waals surface area contributed by atoms with Gasteiger partial charge in [0.15, 0.2) is 0 Å². The van der Waals surface area contributed by atoms with Crippen molar-refractivity contribution in [1.29, 1.82) is 0 Å². The summed E-state index contributed by atoms with van der Waals surface area (Å²) in [7, 11) is 0. The second-order valence-corrected chi connectivity index (χ2v) is 8.54. The molecule has 1 aromatic rings. The molecule has 1 N–H and O–H groups in total. The summed E-state index contributed by atoms with van der Waals surface area (Å²) in [4.78, 5) is 0. The SMILES string of the molecule is CCCOc1c(Cl)cc(Cl)cc1CNC(C)(C)CC(C)(C)C. The highest BCUT2D eigenvalue weighted by atomic mass is 35.5. The van der Waals surface area contributed by atoms with Crippen molar-refractivity contribution < 1.29 is 4.74 Å². The minimum Gasteiger partial charge on any atom is -0.492 e. The van der Waals surface area contributed by atoms with Crippen LogP contribution >= 0.6 is 23.2 Å². The molecule has 0 unspecified atom stereocenters. The van der Waals surface area contributed by atoms with Crippen LogP contribution in [0.25, 0.3) is 0 Å². The molecule has 0 aliphatic heterocycles. The Morgan fingerprint density at radius 2 is 1.73 bits per heavy atom. The van der Waals surface area contributed by atoms with Gasteiger partial charge in [-0.2, -0.15) is 0 Å². The van der Waals surface area contributed by atoms with E-state index < -0.39 is 0 Å². The number of benzene rings is 1. The first-order valence-electron chi connectivity index (χ1n) is 7.90. The van der Waals surface area contributed by atoms with Crippen molar-refractivity contribution in [3.8, 4) is 5.75 Å². The minimum absolute atomic E-state index is 0.0229. The van der Waals surface area contributed by atoms with Crippen LogP contribution < -0.4 is 10.1 Å². The number of halogens is 2. The summed E-state index contributed by atoms with van der Waals surface area (Å²) >= 11 is 12.4. The predicted molar refractivity (Wildman–Crippen MR) is 97.2 cm³/mol. The Balaban J connectivity index is 2.88. The van der Waals surface area contributed by atoms with Gasteiger partial charge in [0.25, 0.3) is 0 Å². The zero-order chi connectivity index (χ0) is 17.0. The molecule has 0 amide bonds. The fourth-order valence-electron chi connectivity index (χ4n) is 2.83. The van der Waals surface area contributed by atoms with E-state index in [0.717, 1.165) is 24.2 Å². The van der Waals surface area contributed by atoms with E-state index in [4.69, 9.17) is 27.9 Å². The van der Waals surface area contributed by atoms with E-state index in [9.17, 15) is 0 Å². The third kappa shape index (κ3) is 6.76. The first-order chi connectivity index (χ1) is 10.0. The maximum absolute atomic E-state index is 6.29. The molecule has 0 atom stereocenters. The molecule has 0 aliphatic carbocycles. The van der Waals surface area contributed by atoms with Gasteiger partial charge in [-0.1, -0.05) is 50.9 Å². The molecular weight excluding hydrogens is 317 g/mol. The fraction of sp³-hybridized carbons (Fsp3) is 0.667. The van der Waals surface area contributed by atoms with Gasteiger partial charge in [-0.25, -0.2) is 0 Å². The lowest BCUT2D eigenvalue weighted by atomic mass is 9.82. The van der Waals surface area contributed by atoms with Gasteiger partial charge in [-0.3, -0.25) is 0 Å². The lowest BCUT2D eigenvalue weighted by molar-refractivity contribution is 0.239. The lowest BCUT2D eigenvalue weighted by Gasteiger charge is -2.33. The van der Waals surface area contributed by atoms with Gasteiger partial charge in [-0.15, -0.1) is 0 Å². The highest BCUT2D eigenvalue weighted by molar-refractivity contribution is 6.35. The lowest BCUT2D eigenvalue weighted by Crippen LogP contribution is -2.41. The quantitative estimate of drug-likeness (QED) is 0.645. The predicted octanol–water partition coefficient (Wildman–Crippen LogP) is 6.09. The van der Waals surface area contributed by atoms with Crippen LogP contribution in [-0.4, -0.2) is 12.1 Å². The van der Waals surface area contributed by atoms with Crippen molar-refractivity contribution in [2.75, 3.05) is 6.61 Å². The molecule has 0 aliphatic rings. The third-order valence-corrected chi connectivity index (χ3v) is 3.76. The highest BCUT2D eigenvalue weighted by Gasteiger charge is 2.25. The Kier molecular flexibility index (Phi) is 7.04. The number of rotatable bonds is 7. The number of hydrogen-bond donors (Lipinski definition) is 1. The second kappa shape index (κ2) is 7.90. The first-order valence-corrected chi connectivity index (χ1v) is 8.65. The van der Waals surface area contributed by atoms with Crippen molar-refractivity contribution in [1.82, 2.24) is 5.32 Å². The summed E-state index contributed by atoms with van der Waals surface area (Å²) in [5.74, 6) is 0.743. The van der Waals surface area contributed by atoms with E-state index in [0.29, 0.717) is 23.2 Å². The zero-order valence-electron chi connectivity index (χ0n) is 14.6. The Morgan fingerprint density at radius 1 is 1.09 bits per heavy atom. The van der Waals surface area contributed by atoms with E-state index in [-0.39, 0.29) is 11.0 Å². The molecule has 22 heavy (non-hydrogen) atoms. The summed E-state index contributed by atoms with van der Waals surface area (Å²) < 4.78 is 5.81. The normalized spacial score (nSPS) is 12.5. The maximum Gasteiger partial charge on any atom is 0.142 e. The number of hydrogen-bond acceptors (Lipinski definition) is 2. The minimum atomic E-state index is 0.0229. The van der Waals surface area contributed by atoms with Gasteiger partial charge < -0.3 is 10.1 Å². The smallest absolute Gasteiger partial charge is 0.142 e. The molecule has 0 saturated heterocycles. The summed E-state index contributed by atoms with van der Waals surface area (Å²) in [6.45, 7) is 14.6. The Labute approximate surface area is 145 Å². The average molecular weight is 346 g/mol. The molecule has 0 bridgehead atoms. The maximum atomic E-state index is 6.29. The van der Waals surface area contributed by atoms with Crippen LogP contribution in [0.2, 0.25) is 10.0 Å². The molecular formula is C18H29Cl2NO. The van der Waals surface area contributed by atoms with E-state index in [2.05, 4.69) is 46.9 Å². The summed E-state index contributed by atoms with van der Waals surface area (Å²) in [6.07, 6.45) is 2.01. The molecule has 2 nitrogen and oxygen atoms in total. The Bertz CT molecular complexity index is 493. The third-order valence-electron chi connectivity index (χ3n) is 3.27. The fourth-order valence-corrected chi connectivity index (χ4v) is 3.42. The molecule has 0 spiro atoms. The van der Waals surface area contributed by atoms with Crippen LogP contribution in [0.5, 0.6) is 5.75 Å². The Morgan fingerprint density at radius 3 is 2.27 bits per heavy atom. The van der Waals surface area contributed by atoms with Crippen LogP contribution in [0.1, 0.15) is 59.9 Å². The summed E-state index contributed by atoms with van der Waals surface area (Å²) in [6, 6.07) is 3.66. The van der Waals surface area contributed by atoms with Gasteiger partial charge in [0, 0.05) is 22.7 Å². The molecule has 1 aromatic carbocycles. The molecule has 1 rings (SSSR count). The summed E-state index contributed by atoms with van der Waals surface area (Å²) in [5.41, 5.74) is 1.30. The van der Waals surface area contributed by atoms with Crippen molar-refractivity contribution in [2.24, 2.45) is 5.41 Å². The monoisotopic (exact) mass is 345 g/mol. The first kappa shape index (κ1) is 19.6. The molecule has 4 heteroatoms. The van der Waals surface area contributed by atoms with Crippen molar-refractivity contribution in [3.05, 3.63) is 27.7 Å². The molecule has 0 radical (unpaired) electrons. The topological polar surface area (TPSA) is 21.3 Å². The van der Waals surface area contributed by atoms with Crippen molar-refractivity contribution in [2.45, 2.75) is 66.5 Å². The molecule has 0 fully saturated rings. The van der Waals surface area contributed by atoms with Crippen molar-refractivity contribution >= 4 is 23.2 Å². The molecule has 0 aromatic heterocycles. The largest absolute Gasteiger partial charge is 0.492 e. The van der Waals surface area contributed by atoms with Crippen LogP contribution in [0.3, 0.4) is 0 Å². The van der Waals surface area contributed by atoms with Crippen LogP contribution in [-0.2, 0) is 6.54 Å². The van der Waals surface area contributed by atoms with E-state index in [1.54, 1.807) is 6.07 Å². The molecule has 126 valence electrons. The summed E-state index contributed by atoms with van der Waals surface area (Å²) in [5, 5.41) is 4.82. The number of nitrogens with one attached hydrogen (secondary N) is 1. The van der Waals surface area contributed by atoms with Crippen LogP contribution in [0.15, 0.2) is 12.1 Å². The number of ether oxygens (including phenoxy) is 1. The molecule has 0 heterocycles. The highest BCUT2D eigenvalue weighted by Crippen LogP contribution is 2.33. The average Bonchev–Trinajstić information content (AvgIpc) is 2.32. The van der Waals surface area contributed by atoms with Crippen LogP contribution in [0, 0.1) is 5.41 Å².